The van der Waals surface area contributed by atoms with E-state index in [0.717, 1.165) is 21.2 Å². The van der Waals surface area contributed by atoms with Gasteiger partial charge in [0.1, 0.15) is 0 Å². The zero-order valence-electron chi connectivity index (χ0n) is 7.39. The molecule has 0 bridgehead atoms. The van der Waals surface area contributed by atoms with Crippen molar-refractivity contribution in [3.05, 3.63) is 22.7 Å². The molecule has 4 heteroatoms. The Labute approximate surface area is 85.6 Å². The van der Waals surface area contributed by atoms with E-state index in [9.17, 15) is 0 Å². The van der Waals surface area contributed by atoms with Crippen LogP contribution < -0.4 is 5.32 Å². The summed E-state index contributed by atoms with van der Waals surface area (Å²) >= 11 is 7.62. The Balaban J connectivity index is 2.70. The van der Waals surface area contributed by atoms with Crippen molar-refractivity contribution in [2.75, 3.05) is 12.4 Å². The first-order valence-electron chi connectivity index (χ1n) is 3.95. The minimum absolute atomic E-state index is 0.778. The van der Waals surface area contributed by atoms with Crippen LogP contribution in [0.5, 0.6) is 0 Å². The Hall–Kier alpha value is -0.800. The summed E-state index contributed by atoms with van der Waals surface area (Å²) in [7, 11) is 1.87. The molecule has 0 unspecified atom stereocenters. The van der Waals surface area contributed by atoms with Crippen LogP contribution in [0, 0.1) is 6.92 Å². The first-order chi connectivity index (χ1) is 6.20. The minimum Gasteiger partial charge on any atom is -0.365 e. The van der Waals surface area contributed by atoms with E-state index in [-0.39, 0.29) is 0 Å². The van der Waals surface area contributed by atoms with Crippen LogP contribution >= 0.6 is 22.9 Å². The van der Waals surface area contributed by atoms with Gasteiger partial charge in [-0.25, -0.2) is 4.98 Å². The quantitative estimate of drug-likeness (QED) is 0.785. The summed E-state index contributed by atoms with van der Waals surface area (Å²) in [6.45, 7) is 2.00. The van der Waals surface area contributed by atoms with E-state index in [4.69, 9.17) is 11.6 Å². The fourth-order valence-electron chi connectivity index (χ4n) is 1.16. The van der Waals surface area contributed by atoms with Crippen molar-refractivity contribution in [2.45, 2.75) is 6.92 Å². The molecule has 13 heavy (non-hydrogen) atoms. The highest BCUT2D eigenvalue weighted by atomic mass is 35.5. The molecule has 1 aromatic carbocycles. The Morgan fingerprint density at radius 2 is 2.23 bits per heavy atom. The third kappa shape index (κ3) is 1.49. The molecule has 2 rings (SSSR count). The molecule has 68 valence electrons. The minimum atomic E-state index is 0.778. The maximum Gasteiger partial charge on any atom is 0.183 e. The summed E-state index contributed by atoms with van der Waals surface area (Å²) in [4.78, 5) is 4.36. The Kier molecular flexibility index (Phi) is 2.14. The van der Waals surface area contributed by atoms with Gasteiger partial charge in [-0.1, -0.05) is 22.9 Å². The van der Waals surface area contributed by atoms with Crippen LogP contribution in [0.1, 0.15) is 5.56 Å². The number of hydrogen-bond donors (Lipinski definition) is 1. The molecule has 2 aromatic rings. The number of aromatic nitrogens is 1. The average Bonchev–Trinajstić information content (AvgIpc) is 2.48. The van der Waals surface area contributed by atoms with E-state index in [2.05, 4.69) is 16.4 Å². The molecule has 1 aromatic heterocycles. The molecule has 0 radical (unpaired) electrons. The van der Waals surface area contributed by atoms with Gasteiger partial charge in [-0.2, -0.15) is 0 Å². The molecule has 0 amide bonds. The fourth-order valence-corrected chi connectivity index (χ4v) is 2.21. The van der Waals surface area contributed by atoms with Crippen LogP contribution in [0.4, 0.5) is 5.13 Å². The second kappa shape index (κ2) is 3.16. The van der Waals surface area contributed by atoms with Crippen molar-refractivity contribution in [1.82, 2.24) is 4.98 Å². The Morgan fingerprint density at radius 3 is 2.92 bits per heavy atom. The average molecular weight is 213 g/mol. The van der Waals surface area contributed by atoms with Gasteiger partial charge >= 0.3 is 0 Å². The van der Waals surface area contributed by atoms with Crippen LogP contribution in [0.15, 0.2) is 12.1 Å². The lowest BCUT2D eigenvalue weighted by Crippen LogP contribution is -1.84. The van der Waals surface area contributed by atoms with Crippen molar-refractivity contribution in [3.63, 3.8) is 0 Å². The van der Waals surface area contributed by atoms with Gasteiger partial charge in [0.2, 0.25) is 0 Å². The highest BCUT2D eigenvalue weighted by Gasteiger charge is 2.04. The second-order valence-corrected chi connectivity index (χ2v) is 4.28. The Morgan fingerprint density at radius 1 is 1.46 bits per heavy atom. The van der Waals surface area contributed by atoms with Gasteiger partial charge in [-0.05, 0) is 24.6 Å². The summed E-state index contributed by atoms with van der Waals surface area (Å²) in [5.74, 6) is 0. The SMILES string of the molecule is CNc1nc2cc(Cl)c(C)cc2s1. The number of rotatable bonds is 1. The number of benzene rings is 1. The maximum atomic E-state index is 5.98. The van der Waals surface area contributed by atoms with E-state index >= 15 is 0 Å². The zero-order valence-corrected chi connectivity index (χ0v) is 8.96. The van der Waals surface area contributed by atoms with Crippen molar-refractivity contribution in [3.8, 4) is 0 Å². The lowest BCUT2D eigenvalue weighted by atomic mass is 10.2. The van der Waals surface area contributed by atoms with Crippen LogP contribution in [-0.4, -0.2) is 12.0 Å². The highest BCUT2D eigenvalue weighted by Crippen LogP contribution is 2.29. The van der Waals surface area contributed by atoms with E-state index in [1.807, 2.05) is 20.0 Å². The maximum absolute atomic E-state index is 5.98. The fraction of sp³-hybridized carbons (Fsp3) is 0.222. The van der Waals surface area contributed by atoms with E-state index < -0.39 is 0 Å². The molecule has 0 saturated heterocycles. The number of nitrogens with zero attached hydrogens (tertiary/aromatic N) is 1. The highest BCUT2D eigenvalue weighted by molar-refractivity contribution is 7.22. The standard InChI is InChI=1S/C9H9ClN2S/c1-5-3-8-7(4-6(5)10)12-9(11-2)13-8/h3-4H,1-2H3,(H,11,12). The topological polar surface area (TPSA) is 24.9 Å². The first-order valence-corrected chi connectivity index (χ1v) is 5.14. The van der Waals surface area contributed by atoms with Crippen molar-refractivity contribution >= 4 is 38.3 Å². The van der Waals surface area contributed by atoms with Crippen LogP contribution in [0.25, 0.3) is 10.2 Å². The molecule has 2 nitrogen and oxygen atoms in total. The molecule has 0 spiro atoms. The van der Waals surface area contributed by atoms with Gasteiger partial charge in [0, 0.05) is 12.1 Å². The van der Waals surface area contributed by atoms with Gasteiger partial charge in [0.25, 0.3) is 0 Å². The summed E-state index contributed by atoms with van der Waals surface area (Å²) in [5.41, 5.74) is 2.06. The molecule has 0 aliphatic carbocycles. The largest absolute Gasteiger partial charge is 0.365 e. The number of thiazole rings is 1. The summed E-state index contributed by atoms with van der Waals surface area (Å²) in [6, 6.07) is 3.97. The van der Waals surface area contributed by atoms with Gasteiger partial charge in [-0.15, -0.1) is 0 Å². The lowest BCUT2D eigenvalue weighted by Gasteiger charge is -1.94. The predicted molar refractivity (Wildman–Crippen MR) is 58.9 cm³/mol. The first kappa shape index (κ1) is 8.78. The molecule has 0 aliphatic heterocycles. The molecular formula is C9H9ClN2S. The number of halogens is 1. The Bertz CT molecular complexity index is 411. The number of nitrogens with one attached hydrogen (secondary N) is 1. The zero-order chi connectivity index (χ0) is 9.42. The molecule has 0 saturated carbocycles. The third-order valence-electron chi connectivity index (χ3n) is 1.88. The monoisotopic (exact) mass is 212 g/mol. The van der Waals surface area contributed by atoms with Gasteiger partial charge in [0.05, 0.1) is 10.2 Å². The van der Waals surface area contributed by atoms with Gasteiger partial charge in [-0.3, -0.25) is 0 Å². The predicted octanol–water partition coefficient (Wildman–Crippen LogP) is 3.30. The molecule has 1 heterocycles. The molecule has 0 atom stereocenters. The smallest absolute Gasteiger partial charge is 0.183 e. The van der Waals surface area contributed by atoms with Crippen LogP contribution in [-0.2, 0) is 0 Å². The molecule has 1 N–H and O–H groups in total. The summed E-state index contributed by atoms with van der Waals surface area (Å²) in [6.07, 6.45) is 0. The van der Waals surface area contributed by atoms with Crippen molar-refractivity contribution < 1.29 is 0 Å². The number of fused-ring (bicyclic) bond motifs is 1. The lowest BCUT2D eigenvalue weighted by molar-refractivity contribution is 1.41. The van der Waals surface area contributed by atoms with Crippen LogP contribution in [0.2, 0.25) is 5.02 Å². The third-order valence-corrected chi connectivity index (χ3v) is 3.33. The van der Waals surface area contributed by atoms with E-state index in [1.54, 1.807) is 11.3 Å². The molecular weight excluding hydrogens is 204 g/mol. The van der Waals surface area contributed by atoms with Gasteiger partial charge in [0.15, 0.2) is 5.13 Å². The summed E-state index contributed by atoms with van der Waals surface area (Å²) in [5, 5.41) is 4.73. The normalized spacial score (nSPS) is 10.7. The van der Waals surface area contributed by atoms with Crippen LogP contribution in [0.3, 0.4) is 0 Å². The number of aryl methyl sites for hydroxylation is 1. The molecule has 0 aliphatic rings. The number of hydrogen-bond acceptors (Lipinski definition) is 3. The van der Waals surface area contributed by atoms with Gasteiger partial charge < -0.3 is 5.32 Å². The van der Waals surface area contributed by atoms with Crippen molar-refractivity contribution in [2.24, 2.45) is 0 Å². The van der Waals surface area contributed by atoms with E-state index in [1.165, 1.54) is 4.70 Å². The van der Waals surface area contributed by atoms with E-state index in [0.29, 0.717) is 0 Å². The molecule has 0 fully saturated rings. The number of anilines is 1. The second-order valence-electron chi connectivity index (χ2n) is 2.84. The van der Waals surface area contributed by atoms with Crippen molar-refractivity contribution in [1.29, 1.82) is 0 Å². The summed E-state index contributed by atoms with van der Waals surface area (Å²) < 4.78 is 1.17.